The lowest BCUT2D eigenvalue weighted by Gasteiger charge is -2.39. The number of hydrogen-bond donors (Lipinski definition) is 0. The second-order valence-corrected chi connectivity index (χ2v) is 5.60. The highest BCUT2D eigenvalue weighted by atomic mass is 35.5. The van der Waals surface area contributed by atoms with Gasteiger partial charge in [-0.25, -0.2) is 0 Å². The van der Waals surface area contributed by atoms with Gasteiger partial charge in [-0.3, -0.25) is 0 Å². The molecule has 1 aliphatic rings. The standard InChI is InChI=1S/C7H9Cl5/c1-2-3(8)5(10)7(12)6(11)4(2)9/h2-7H,1H3/t2-,3-,4+,5-,6+,7+. The van der Waals surface area contributed by atoms with Crippen molar-refractivity contribution in [3.8, 4) is 0 Å². The average molecular weight is 270 g/mol. The predicted molar refractivity (Wildman–Crippen MR) is 57.4 cm³/mol. The van der Waals surface area contributed by atoms with Gasteiger partial charge >= 0.3 is 0 Å². The first-order valence-corrected chi connectivity index (χ1v) is 5.85. The molecule has 0 N–H and O–H groups in total. The minimum absolute atomic E-state index is 0.0910. The molecule has 0 aliphatic heterocycles. The summed E-state index contributed by atoms with van der Waals surface area (Å²) in [6.07, 6.45) is 0. The van der Waals surface area contributed by atoms with Crippen molar-refractivity contribution in [1.82, 2.24) is 0 Å². The van der Waals surface area contributed by atoms with Crippen molar-refractivity contribution in [3.63, 3.8) is 0 Å². The van der Waals surface area contributed by atoms with Crippen LogP contribution in [0.3, 0.4) is 0 Å². The minimum atomic E-state index is -0.352. The number of halogens is 5. The van der Waals surface area contributed by atoms with Crippen LogP contribution in [0, 0.1) is 5.92 Å². The Morgan fingerprint density at radius 3 is 1.17 bits per heavy atom. The summed E-state index contributed by atoms with van der Waals surface area (Å²) < 4.78 is 0. The Morgan fingerprint density at radius 2 is 0.833 bits per heavy atom. The molecule has 0 spiro atoms. The molecule has 0 bridgehead atoms. The van der Waals surface area contributed by atoms with Crippen molar-refractivity contribution in [2.24, 2.45) is 5.92 Å². The summed E-state index contributed by atoms with van der Waals surface area (Å²) in [5, 5.41) is -1.37. The van der Waals surface area contributed by atoms with E-state index in [0.717, 1.165) is 0 Å². The number of hydrogen-bond acceptors (Lipinski definition) is 0. The Morgan fingerprint density at radius 1 is 0.583 bits per heavy atom. The van der Waals surface area contributed by atoms with Gasteiger partial charge in [0, 0.05) is 0 Å². The maximum atomic E-state index is 6.01. The third-order valence-corrected chi connectivity index (χ3v) is 5.70. The lowest BCUT2D eigenvalue weighted by Crippen LogP contribution is -2.50. The van der Waals surface area contributed by atoms with Gasteiger partial charge in [-0.15, -0.1) is 58.0 Å². The van der Waals surface area contributed by atoms with Gasteiger partial charge in [0.2, 0.25) is 0 Å². The van der Waals surface area contributed by atoms with E-state index >= 15 is 0 Å². The third-order valence-electron chi connectivity index (χ3n) is 2.22. The van der Waals surface area contributed by atoms with Gasteiger partial charge in [-0.05, 0) is 5.92 Å². The van der Waals surface area contributed by atoms with E-state index in [1.807, 2.05) is 6.92 Å². The molecular weight excluding hydrogens is 261 g/mol. The van der Waals surface area contributed by atoms with E-state index in [4.69, 9.17) is 58.0 Å². The first-order chi connectivity index (χ1) is 5.46. The van der Waals surface area contributed by atoms with Gasteiger partial charge < -0.3 is 0 Å². The van der Waals surface area contributed by atoms with Crippen molar-refractivity contribution < 1.29 is 0 Å². The second-order valence-electron chi connectivity index (χ2n) is 3.08. The third kappa shape index (κ3) is 1.93. The van der Waals surface area contributed by atoms with Gasteiger partial charge in [-0.1, -0.05) is 6.92 Å². The fraction of sp³-hybridized carbons (Fsp3) is 1.00. The molecule has 1 fully saturated rings. The zero-order valence-corrected chi connectivity index (χ0v) is 10.1. The smallest absolute Gasteiger partial charge is 0.0692 e. The highest BCUT2D eigenvalue weighted by molar-refractivity contribution is 6.41. The lowest BCUT2D eigenvalue weighted by atomic mass is 9.88. The molecule has 1 saturated carbocycles. The second kappa shape index (κ2) is 4.31. The summed E-state index contributed by atoms with van der Waals surface area (Å²) >= 11 is 29.9. The average Bonchev–Trinajstić information content (AvgIpc) is 2.08. The first-order valence-electron chi connectivity index (χ1n) is 3.67. The topological polar surface area (TPSA) is 0 Å². The molecule has 0 nitrogen and oxygen atoms in total. The molecule has 1 rings (SSSR count). The van der Waals surface area contributed by atoms with Crippen LogP contribution in [0.1, 0.15) is 6.92 Å². The van der Waals surface area contributed by atoms with E-state index in [-0.39, 0.29) is 32.8 Å². The summed E-state index contributed by atoms with van der Waals surface area (Å²) in [5.74, 6) is 0.0910. The molecule has 0 aromatic rings. The summed E-state index contributed by atoms with van der Waals surface area (Å²) in [5.41, 5.74) is 0. The van der Waals surface area contributed by atoms with Gasteiger partial charge in [0.05, 0.1) is 26.9 Å². The van der Waals surface area contributed by atoms with Crippen molar-refractivity contribution in [3.05, 3.63) is 0 Å². The number of alkyl halides is 5. The van der Waals surface area contributed by atoms with Crippen molar-refractivity contribution >= 4 is 58.0 Å². The first kappa shape index (κ1) is 11.5. The Hall–Kier alpha value is 1.45. The van der Waals surface area contributed by atoms with Crippen molar-refractivity contribution in [2.45, 2.75) is 33.8 Å². The summed E-state index contributed by atoms with van der Waals surface area (Å²) in [4.78, 5) is 0. The van der Waals surface area contributed by atoms with Crippen LogP contribution in [0.25, 0.3) is 0 Å². The van der Waals surface area contributed by atoms with E-state index in [9.17, 15) is 0 Å². The van der Waals surface area contributed by atoms with Crippen LogP contribution < -0.4 is 0 Å². The van der Waals surface area contributed by atoms with Crippen LogP contribution in [0.15, 0.2) is 0 Å². The van der Waals surface area contributed by atoms with Crippen LogP contribution >= 0.6 is 58.0 Å². The Balaban J connectivity index is 2.76. The molecule has 6 atom stereocenters. The highest BCUT2D eigenvalue weighted by Gasteiger charge is 2.45. The van der Waals surface area contributed by atoms with E-state index in [2.05, 4.69) is 0 Å². The van der Waals surface area contributed by atoms with Gasteiger partial charge in [0.15, 0.2) is 0 Å². The molecule has 0 aromatic heterocycles. The molecule has 0 unspecified atom stereocenters. The van der Waals surface area contributed by atoms with Crippen molar-refractivity contribution in [1.29, 1.82) is 0 Å². The lowest BCUT2D eigenvalue weighted by molar-refractivity contribution is 0.415. The fourth-order valence-electron chi connectivity index (χ4n) is 1.28. The molecular formula is C7H9Cl5. The van der Waals surface area contributed by atoms with Crippen LogP contribution in [-0.4, -0.2) is 26.9 Å². The Bertz CT molecular complexity index is 103. The fourth-order valence-corrected chi connectivity index (χ4v) is 3.29. The molecule has 1 aliphatic carbocycles. The van der Waals surface area contributed by atoms with Crippen LogP contribution in [0.2, 0.25) is 0 Å². The predicted octanol–water partition coefficient (Wildman–Crippen LogP) is 3.67. The largest absolute Gasteiger partial charge is 0.121 e. The normalized spacial score (nSPS) is 55.5. The van der Waals surface area contributed by atoms with E-state index in [0.29, 0.717) is 0 Å². The van der Waals surface area contributed by atoms with Gasteiger partial charge in [0.1, 0.15) is 0 Å². The SMILES string of the molecule is C[C@@H]1[C@@H](Cl)[C@@H](Cl)[C@H](Cl)[C@@H](Cl)[C@H]1Cl. The molecule has 72 valence electrons. The molecule has 0 heterocycles. The molecule has 0 amide bonds. The summed E-state index contributed by atoms with van der Waals surface area (Å²) in [6, 6.07) is 0. The van der Waals surface area contributed by atoms with Crippen LogP contribution in [0.5, 0.6) is 0 Å². The van der Waals surface area contributed by atoms with Gasteiger partial charge in [0.25, 0.3) is 0 Å². The molecule has 0 radical (unpaired) electrons. The molecule has 5 heteroatoms. The van der Waals surface area contributed by atoms with E-state index < -0.39 is 0 Å². The number of rotatable bonds is 0. The van der Waals surface area contributed by atoms with Crippen LogP contribution in [0.4, 0.5) is 0 Å². The van der Waals surface area contributed by atoms with Crippen LogP contribution in [-0.2, 0) is 0 Å². The Kier molecular flexibility index (Phi) is 4.14. The molecule has 0 saturated heterocycles. The maximum absolute atomic E-state index is 6.01. The zero-order chi connectivity index (χ0) is 9.46. The van der Waals surface area contributed by atoms with E-state index in [1.165, 1.54) is 0 Å². The quantitative estimate of drug-likeness (QED) is 0.589. The molecule has 12 heavy (non-hydrogen) atoms. The molecule has 0 aromatic carbocycles. The highest BCUT2D eigenvalue weighted by Crippen LogP contribution is 2.40. The maximum Gasteiger partial charge on any atom is 0.0692 e. The Labute approximate surface area is 97.4 Å². The summed E-state index contributed by atoms with van der Waals surface area (Å²) in [7, 11) is 0. The monoisotopic (exact) mass is 268 g/mol. The summed E-state index contributed by atoms with van der Waals surface area (Å²) in [6.45, 7) is 1.93. The minimum Gasteiger partial charge on any atom is -0.121 e. The van der Waals surface area contributed by atoms with E-state index in [1.54, 1.807) is 0 Å². The zero-order valence-electron chi connectivity index (χ0n) is 6.35. The van der Waals surface area contributed by atoms with Gasteiger partial charge in [-0.2, -0.15) is 0 Å². The van der Waals surface area contributed by atoms with Crippen molar-refractivity contribution in [2.75, 3.05) is 0 Å².